The maximum Gasteiger partial charge on any atom is 0.333 e. The van der Waals surface area contributed by atoms with Crippen LogP contribution in [0.2, 0.25) is 0 Å². The van der Waals surface area contributed by atoms with Gasteiger partial charge in [-0.2, -0.15) is 0 Å². The number of fused-ring (bicyclic) bond motifs is 4. The Kier molecular flexibility index (Phi) is 4.82. The Labute approximate surface area is 209 Å². The van der Waals surface area contributed by atoms with E-state index in [1.807, 2.05) is 19.1 Å². The molecule has 8 heteroatoms. The van der Waals surface area contributed by atoms with Gasteiger partial charge in [-0.25, -0.2) is 4.79 Å². The molecule has 36 heavy (non-hydrogen) atoms. The summed E-state index contributed by atoms with van der Waals surface area (Å²) >= 11 is 0. The van der Waals surface area contributed by atoms with Gasteiger partial charge in [-0.15, -0.1) is 0 Å². The average Bonchev–Trinajstić information content (AvgIpc) is 3.61. The van der Waals surface area contributed by atoms with Gasteiger partial charge in [0, 0.05) is 11.1 Å². The van der Waals surface area contributed by atoms with Gasteiger partial charge >= 0.3 is 5.97 Å². The van der Waals surface area contributed by atoms with Crippen molar-refractivity contribution in [1.82, 2.24) is 0 Å². The molecule has 1 aromatic rings. The predicted molar refractivity (Wildman–Crippen MR) is 128 cm³/mol. The van der Waals surface area contributed by atoms with Gasteiger partial charge in [0.05, 0.1) is 19.6 Å². The topological polar surface area (TPSA) is 89.5 Å². The van der Waals surface area contributed by atoms with E-state index < -0.39 is 16.9 Å². The number of ether oxygens (including phenoxy) is 6. The molecule has 8 nitrogen and oxygen atoms in total. The molecule has 0 saturated heterocycles. The number of methoxy groups -OCH3 is 2. The van der Waals surface area contributed by atoms with E-state index in [1.165, 1.54) is 14.2 Å². The van der Waals surface area contributed by atoms with Crippen LogP contribution in [0.15, 0.2) is 40.9 Å². The van der Waals surface area contributed by atoms with Crippen LogP contribution in [-0.4, -0.2) is 45.5 Å². The SMILES string of the molecule is CC=C(C)C(=O)OC1C(C)C(C)CC12C1=CC(OC)=C(OC)C(=O)C13COc1c4c(cc2c13)OCO4. The first-order valence-electron chi connectivity index (χ1n) is 12.3. The molecular formula is C28H30O8. The predicted octanol–water partition coefficient (Wildman–Crippen LogP) is 3.86. The van der Waals surface area contributed by atoms with Gasteiger partial charge in [0.15, 0.2) is 17.3 Å². The van der Waals surface area contributed by atoms with Gasteiger partial charge < -0.3 is 28.4 Å². The third-order valence-corrected chi connectivity index (χ3v) is 8.91. The van der Waals surface area contributed by atoms with Crippen LogP contribution in [0.25, 0.3) is 0 Å². The van der Waals surface area contributed by atoms with Crippen LogP contribution < -0.4 is 14.2 Å². The third kappa shape index (κ3) is 2.49. The largest absolute Gasteiger partial charge is 0.493 e. The molecule has 2 spiro atoms. The Morgan fingerprint density at radius 3 is 2.61 bits per heavy atom. The number of allylic oxidation sites excluding steroid dienone is 3. The highest BCUT2D eigenvalue weighted by Crippen LogP contribution is 2.71. The molecule has 2 aliphatic heterocycles. The summed E-state index contributed by atoms with van der Waals surface area (Å²) in [6, 6.07) is 1.96. The van der Waals surface area contributed by atoms with Crippen molar-refractivity contribution in [2.24, 2.45) is 11.8 Å². The highest BCUT2D eigenvalue weighted by Gasteiger charge is 2.72. The minimum atomic E-state index is -1.12. The zero-order valence-corrected chi connectivity index (χ0v) is 21.4. The van der Waals surface area contributed by atoms with E-state index in [9.17, 15) is 9.59 Å². The summed E-state index contributed by atoms with van der Waals surface area (Å²) in [4.78, 5) is 27.4. The Morgan fingerprint density at radius 1 is 1.14 bits per heavy atom. The van der Waals surface area contributed by atoms with E-state index >= 15 is 0 Å². The second-order valence-corrected chi connectivity index (χ2v) is 10.4. The smallest absolute Gasteiger partial charge is 0.333 e. The summed E-state index contributed by atoms with van der Waals surface area (Å²) < 4.78 is 35.3. The highest BCUT2D eigenvalue weighted by molar-refractivity contribution is 6.10. The second-order valence-electron chi connectivity index (χ2n) is 10.4. The van der Waals surface area contributed by atoms with E-state index in [4.69, 9.17) is 28.4 Å². The summed E-state index contributed by atoms with van der Waals surface area (Å²) in [7, 11) is 2.99. The molecule has 1 aromatic carbocycles. The van der Waals surface area contributed by atoms with E-state index in [-0.39, 0.29) is 42.7 Å². The van der Waals surface area contributed by atoms with Gasteiger partial charge in [0.1, 0.15) is 18.1 Å². The Morgan fingerprint density at radius 2 is 1.92 bits per heavy atom. The minimum absolute atomic E-state index is 0.0336. The van der Waals surface area contributed by atoms with Crippen molar-refractivity contribution in [3.05, 3.63) is 52.0 Å². The lowest BCUT2D eigenvalue weighted by molar-refractivity contribution is -0.148. The van der Waals surface area contributed by atoms with E-state index in [0.29, 0.717) is 35.0 Å². The Bertz CT molecular complexity index is 1300. The van der Waals surface area contributed by atoms with Crippen LogP contribution in [0.3, 0.4) is 0 Å². The van der Waals surface area contributed by atoms with Crippen LogP contribution in [-0.2, 0) is 34.6 Å². The van der Waals surface area contributed by atoms with Crippen LogP contribution >= 0.6 is 0 Å². The van der Waals surface area contributed by atoms with Crippen molar-refractivity contribution in [2.45, 2.75) is 51.0 Å². The van der Waals surface area contributed by atoms with E-state index in [1.54, 1.807) is 13.0 Å². The van der Waals surface area contributed by atoms with Crippen molar-refractivity contribution < 1.29 is 38.0 Å². The highest BCUT2D eigenvalue weighted by atomic mass is 16.7. The number of ketones is 1. The second kappa shape index (κ2) is 7.54. The van der Waals surface area contributed by atoms with Crippen molar-refractivity contribution in [3.8, 4) is 17.2 Å². The first-order chi connectivity index (χ1) is 17.3. The lowest BCUT2D eigenvalue weighted by atomic mass is 9.65. The molecule has 6 rings (SSSR count). The van der Waals surface area contributed by atoms with Gasteiger partial charge in [0.25, 0.3) is 0 Å². The molecule has 0 aromatic heterocycles. The fourth-order valence-corrected chi connectivity index (χ4v) is 6.93. The molecule has 0 amide bonds. The van der Waals surface area contributed by atoms with Crippen molar-refractivity contribution >= 4 is 11.8 Å². The third-order valence-electron chi connectivity index (χ3n) is 8.91. The fraction of sp³-hybridized carbons (Fsp3) is 0.500. The summed E-state index contributed by atoms with van der Waals surface area (Å²) in [6.07, 6.45) is 3.83. The lowest BCUT2D eigenvalue weighted by Gasteiger charge is -2.40. The Balaban J connectivity index is 1.68. The van der Waals surface area contributed by atoms with Crippen LogP contribution in [0, 0.1) is 11.8 Å². The van der Waals surface area contributed by atoms with Crippen LogP contribution in [0.5, 0.6) is 17.2 Å². The maximum atomic E-state index is 14.3. The number of hydrogen-bond acceptors (Lipinski definition) is 8. The quantitative estimate of drug-likeness (QED) is 0.461. The minimum Gasteiger partial charge on any atom is -0.493 e. The van der Waals surface area contributed by atoms with Crippen molar-refractivity contribution in [2.75, 3.05) is 27.6 Å². The molecule has 1 fully saturated rings. The molecule has 5 unspecified atom stereocenters. The number of carbonyl (C=O) groups excluding carboxylic acids is 2. The molecule has 5 aliphatic rings. The Hall–Kier alpha value is -3.42. The molecule has 3 aliphatic carbocycles. The molecule has 1 saturated carbocycles. The first-order valence-corrected chi connectivity index (χ1v) is 12.3. The molecule has 0 radical (unpaired) electrons. The number of hydrogen-bond donors (Lipinski definition) is 0. The van der Waals surface area contributed by atoms with Gasteiger partial charge in [-0.3, -0.25) is 4.79 Å². The summed E-state index contributed by atoms with van der Waals surface area (Å²) in [5, 5.41) is 0. The standard InChI is InChI=1S/C28H30O8/c1-7-13(2)26(30)36-25-15(4)14(3)10-27(25)16-8-18-21(35-12-34-18)23-20(16)28(11-33-23)19(27)9-17(31-5)22(32-6)24(28)29/h7-9,14-15,25H,10-12H2,1-6H3. The zero-order chi connectivity index (χ0) is 25.6. The monoisotopic (exact) mass is 494 g/mol. The molecule has 0 bridgehead atoms. The molecular weight excluding hydrogens is 464 g/mol. The van der Waals surface area contributed by atoms with Gasteiger partial charge in [-0.1, -0.05) is 19.9 Å². The number of Topliss-reactive ketones (excluding diaryl/α,β-unsaturated/α-hetero) is 1. The van der Waals surface area contributed by atoms with E-state index in [0.717, 1.165) is 16.7 Å². The molecule has 2 heterocycles. The average molecular weight is 495 g/mol. The van der Waals surface area contributed by atoms with Crippen LogP contribution in [0.1, 0.15) is 45.2 Å². The number of carbonyl (C=O) groups is 2. The zero-order valence-electron chi connectivity index (χ0n) is 21.4. The maximum absolute atomic E-state index is 14.3. The normalized spacial score (nSPS) is 33.4. The number of benzene rings is 1. The van der Waals surface area contributed by atoms with Crippen molar-refractivity contribution in [1.29, 1.82) is 0 Å². The van der Waals surface area contributed by atoms with Gasteiger partial charge in [0.2, 0.25) is 24.1 Å². The molecule has 0 N–H and O–H groups in total. The molecule has 190 valence electrons. The lowest BCUT2D eigenvalue weighted by Crippen LogP contribution is -2.48. The summed E-state index contributed by atoms with van der Waals surface area (Å²) in [5.41, 5.74) is 1.12. The molecule has 5 atom stereocenters. The van der Waals surface area contributed by atoms with Gasteiger partial charge in [-0.05, 0) is 55.4 Å². The first kappa shape index (κ1) is 23.0. The van der Waals surface area contributed by atoms with Crippen LogP contribution in [0.4, 0.5) is 0 Å². The summed E-state index contributed by atoms with van der Waals surface area (Å²) in [5.74, 6) is 1.76. The number of esters is 1. The summed E-state index contributed by atoms with van der Waals surface area (Å²) in [6.45, 7) is 8.01. The number of rotatable bonds is 4. The fourth-order valence-electron chi connectivity index (χ4n) is 6.93. The van der Waals surface area contributed by atoms with E-state index in [2.05, 4.69) is 13.8 Å². The van der Waals surface area contributed by atoms with Crippen molar-refractivity contribution in [3.63, 3.8) is 0 Å².